The number of halogens is 2. The standard InChI is InChI=1S/C28H30F2N2O/c1-20-15-23(9-12-27(20)30)24-16-25(28(33)31-14-13-21-5-3-2-4-6-21)19-32(18-24)17-22-7-10-26(29)11-8-22/h2-12,15,24-25H,13-14,16-19H2,1H3,(H,31,33). The van der Waals surface area contributed by atoms with E-state index in [0.29, 0.717) is 25.2 Å². The molecule has 1 N–H and O–H groups in total. The molecular formula is C28H30F2N2O. The molecule has 1 aliphatic rings. The Hall–Kier alpha value is -3.05. The minimum atomic E-state index is -0.257. The fraction of sp³-hybridized carbons (Fsp3) is 0.321. The van der Waals surface area contributed by atoms with Crippen molar-refractivity contribution in [1.29, 1.82) is 0 Å². The number of benzene rings is 3. The van der Waals surface area contributed by atoms with E-state index in [2.05, 4.69) is 22.3 Å². The van der Waals surface area contributed by atoms with Gasteiger partial charge in [0, 0.05) is 26.2 Å². The zero-order valence-electron chi connectivity index (χ0n) is 18.9. The SMILES string of the molecule is Cc1cc(C2CC(C(=O)NCCc3ccccc3)CN(Cc3ccc(F)cc3)C2)ccc1F. The third-order valence-corrected chi connectivity index (χ3v) is 6.43. The van der Waals surface area contributed by atoms with Gasteiger partial charge < -0.3 is 5.32 Å². The summed E-state index contributed by atoms with van der Waals surface area (Å²) in [5.41, 5.74) is 3.88. The van der Waals surface area contributed by atoms with E-state index in [1.54, 1.807) is 19.1 Å². The molecule has 1 aliphatic heterocycles. The van der Waals surface area contributed by atoms with Crippen LogP contribution >= 0.6 is 0 Å². The van der Waals surface area contributed by atoms with Crippen LogP contribution in [0.4, 0.5) is 8.78 Å². The Morgan fingerprint density at radius 2 is 1.73 bits per heavy atom. The van der Waals surface area contributed by atoms with Gasteiger partial charge in [-0.05, 0) is 66.1 Å². The molecule has 4 rings (SSSR count). The smallest absolute Gasteiger partial charge is 0.224 e. The number of carbonyl (C=O) groups excluding carboxylic acids is 1. The molecule has 1 fully saturated rings. The highest BCUT2D eigenvalue weighted by atomic mass is 19.1. The molecule has 0 aromatic heterocycles. The number of nitrogens with zero attached hydrogens (tertiary/aromatic N) is 1. The number of hydrogen-bond donors (Lipinski definition) is 1. The van der Waals surface area contributed by atoms with Crippen LogP contribution in [0.3, 0.4) is 0 Å². The molecule has 1 amide bonds. The Kier molecular flexibility index (Phi) is 7.50. The third kappa shape index (κ3) is 6.26. The average molecular weight is 449 g/mol. The highest BCUT2D eigenvalue weighted by Crippen LogP contribution is 2.32. The van der Waals surface area contributed by atoms with Gasteiger partial charge in [0.2, 0.25) is 5.91 Å². The molecule has 0 saturated carbocycles. The monoisotopic (exact) mass is 448 g/mol. The Bertz CT molecular complexity index is 1070. The summed E-state index contributed by atoms with van der Waals surface area (Å²) in [5, 5.41) is 3.11. The zero-order valence-corrected chi connectivity index (χ0v) is 18.9. The van der Waals surface area contributed by atoms with Gasteiger partial charge in [-0.2, -0.15) is 0 Å². The van der Waals surface area contributed by atoms with Crippen molar-refractivity contribution in [3.8, 4) is 0 Å². The molecule has 0 spiro atoms. The van der Waals surface area contributed by atoms with E-state index in [0.717, 1.165) is 30.5 Å². The number of piperidine rings is 1. The van der Waals surface area contributed by atoms with Crippen molar-refractivity contribution in [1.82, 2.24) is 10.2 Å². The molecule has 3 nitrogen and oxygen atoms in total. The van der Waals surface area contributed by atoms with Crippen LogP contribution in [-0.4, -0.2) is 30.4 Å². The molecule has 2 unspecified atom stereocenters. The minimum Gasteiger partial charge on any atom is -0.355 e. The van der Waals surface area contributed by atoms with Crippen LogP contribution in [0.5, 0.6) is 0 Å². The first-order chi connectivity index (χ1) is 16.0. The van der Waals surface area contributed by atoms with Crippen LogP contribution in [-0.2, 0) is 17.8 Å². The molecule has 172 valence electrons. The van der Waals surface area contributed by atoms with Crippen LogP contribution in [0.2, 0.25) is 0 Å². The Morgan fingerprint density at radius 1 is 0.970 bits per heavy atom. The maximum absolute atomic E-state index is 13.8. The topological polar surface area (TPSA) is 32.3 Å². The predicted molar refractivity (Wildman–Crippen MR) is 127 cm³/mol. The first-order valence-electron chi connectivity index (χ1n) is 11.5. The fourth-order valence-electron chi connectivity index (χ4n) is 4.64. The Balaban J connectivity index is 1.46. The number of likely N-dealkylation sites (tertiary alicyclic amines) is 1. The van der Waals surface area contributed by atoms with E-state index in [-0.39, 0.29) is 29.4 Å². The van der Waals surface area contributed by atoms with E-state index >= 15 is 0 Å². The lowest BCUT2D eigenvalue weighted by molar-refractivity contribution is -0.127. The normalized spacial score (nSPS) is 18.8. The number of aryl methyl sites for hydroxylation is 1. The molecule has 33 heavy (non-hydrogen) atoms. The quantitative estimate of drug-likeness (QED) is 0.536. The summed E-state index contributed by atoms with van der Waals surface area (Å²) in [6, 6.07) is 21.9. The van der Waals surface area contributed by atoms with Gasteiger partial charge in [0.25, 0.3) is 0 Å². The number of amides is 1. The fourth-order valence-corrected chi connectivity index (χ4v) is 4.64. The Morgan fingerprint density at radius 3 is 2.45 bits per heavy atom. The van der Waals surface area contributed by atoms with Gasteiger partial charge in [0.15, 0.2) is 0 Å². The second-order valence-electron chi connectivity index (χ2n) is 8.99. The molecule has 1 heterocycles. The molecule has 0 aliphatic carbocycles. The van der Waals surface area contributed by atoms with Crippen molar-refractivity contribution in [3.05, 3.63) is 107 Å². The lowest BCUT2D eigenvalue weighted by atomic mass is 9.83. The van der Waals surface area contributed by atoms with Gasteiger partial charge >= 0.3 is 0 Å². The molecular weight excluding hydrogens is 418 g/mol. The second kappa shape index (κ2) is 10.7. The predicted octanol–water partition coefficient (Wildman–Crippen LogP) is 5.24. The summed E-state index contributed by atoms with van der Waals surface area (Å²) < 4.78 is 27.2. The first kappa shape index (κ1) is 23.1. The minimum absolute atomic E-state index is 0.0542. The largest absolute Gasteiger partial charge is 0.355 e. The summed E-state index contributed by atoms with van der Waals surface area (Å²) in [7, 11) is 0. The van der Waals surface area contributed by atoms with Crippen molar-refractivity contribution < 1.29 is 13.6 Å². The average Bonchev–Trinajstić information content (AvgIpc) is 2.83. The van der Waals surface area contributed by atoms with Crippen molar-refractivity contribution in [2.45, 2.75) is 32.2 Å². The van der Waals surface area contributed by atoms with Gasteiger partial charge in [-0.3, -0.25) is 9.69 Å². The van der Waals surface area contributed by atoms with E-state index < -0.39 is 0 Å². The first-order valence-corrected chi connectivity index (χ1v) is 11.5. The molecule has 2 atom stereocenters. The van der Waals surface area contributed by atoms with Gasteiger partial charge in [-0.15, -0.1) is 0 Å². The van der Waals surface area contributed by atoms with Crippen molar-refractivity contribution in [2.75, 3.05) is 19.6 Å². The molecule has 0 radical (unpaired) electrons. The maximum Gasteiger partial charge on any atom is 0.224 e. The Labute approximate surface area is 194 Å². The number of hydrogen-bond acceptors (Lipinski definition) is 2. The van der Waals surface area contributed by atoms with Crippen molar-refractivity contribution in [3.63, 3.8) is 0 Å². The summed E-state index contributed by atoms with van der Waals surface area (Å²) in [6.45, 7) is 4.43. The molecule has 5 heteroatoms. The lowest BCUT2D eigenvalue weighted by Gasteiger charge is -2.37. The molecule has 3 aromatic rings. The van der Waals surface area contributed by atoms with Crippen LogP contribution < -0.4 is 5.32 Å². The van der Waals surface area contributed by atoms with E-state index in [9.17, 15) is 13.6 Å². The number of carbonyl (C=O) groups is 1. The zero-order chi connectivity index (χ0) is 23.2. The summed E-state index contributed by atoms with van der Waals surface area (Å²) in [5.74, 6) is -0.451. The van der Waals surface area contributed by atoms with E-state index in [1.165, 1.54) is 23.8 Å². The van der Waals surface area contributed by atoms with Crippen molar-refractivity contribution >= 4 is 5.91 Å². The van der Waals surface area contributed by atoms with Gasteiger partial charge in [0.1, 0.15) is 11.6 Å². The van der Waals surface area contributed by atoms with Crippen LogP contribution in [0.15, 0.2) is 72.8 Å². The summed E-state index contributed by atoms with van der Waals surface area (Å²) in [4.78, 5) is 15.3. The maximum atomic E-state index is 13.8. The lowest BCUT2D eigenvalue weighted by Crippen LogP contribution is -2.45. The summed E-state index contributed by atoms with van der Waals surface area (Å²) in [6.07, 6.45) is 1.52. The van der Waals surface area contributed by atoms with Crippen molar-refractivity contribution in [2.24, 2.45) is 5.92 Å². The summed E-state index contributed by atoms with van der Waals surface area (Å²) >= 11 is 0. The third-order valence-electron chi connectivity index (χ3n) is 6.43. The van der Waals surface area contributed by atoms with Gasteiger partial charge in [0.05, 0.1) is 5.92 Å². The van der Waals surface area contributed by atoms with Crippen LogP contribution in [0.25, 0.3) is 0 Å². The van der Waals surface area contributed by atoms with Crippen LogP contribution in [0, 0.1) is 24.5 Å². The molecule has 1 saturated heterocycles. The highest BCUT2D eigenvalue weighted by Gasteiger charge is 2.32. The van der Waals surface area contributed by atoms with Gasteiger partial charge in [-0.25, -0.2) is 8.78 Å². The number of rotatable bonds is 7. The van der Waals surface area contributed by atoms with E-state index in [1.807, 2.05) is 30.3 Å². The van der Waals surface area contributed by atoms with Gasteiger partial charge in [-0.1, -0.05) is 54.6 Å². The molecule has 0 bridgehead atoms. The molecule has 3 aromatic carbocycles. The second-order valence-corrected chi connectivity index (χ2v) is 8.99. The van der Waals surface area contributed by atoms with E-state index in [4.69, 9.17) is 0 Å². The highest BCUT2D eigenvalue weighted by molar-refractivity contribution is 5.79. The number of nitrogens with one attached hydrogen (secondary N) is 1. The van der Waals surface area contributed by atoms with Crippen LogP contribution in [0.1, 0.15) is 34.6 Å².